The Morgan fingerprint density at radius 3 is 2.46 bits per heavy atom. The minimum absolute atomic E-state index is 0.202. The summed E-state index contributed by atoms with van der Waals surface area (Å²) in [4.78, 5) is 36.9. The van der Waals surface area contributed by atoms with Crippen LogP contribution in [-0.2, 0) is 4.74 Å². The molecule has 0 spiro atoms. The standard InChI is InChI=1S/C29H33N9O3/c1-18-6-5-7-20(14-18)27(39)32-21-9-8-19(2)22(15-21)33-25-16-23(28(40)31-4)36-38(25)26-17-24(30-3)34-29(35-26)37-10-12-41-13-11-37/h5-9,14-17,33H,10-13H2,1-4H3,(H,31,40)(H,32,39)(H,30,34,35). The van der Waals surface area contributed by atoms with Gasteiger partial charge in [-0.15, -0.1) is 0 Å². The molecule has 1 saturated heterocycles. The molecule has 3 heterocycles. The number of aryl methyl sites for hydroxylation is 2. The SMILES string of the molecule is CNC(=O)c1cc(Nc2cc(NC(=O)c3cccc(C)c3)ccc2C)n(-c2cc(NC)nc(N3CCOCC3)n2)n1. The van der Waals surface area contributed by atoms with Crippen LogP contribution >= 0.6 is 0 Å². The summed E-state index contributed by atoms with van der Waals surface area (Å²) in [5.41, 5.74) is 4.08. The number of aromatic nitrogens is 4. The number of anilines is 5. The van der Waals surface area contributed by atoms with Crippen LogP contribution in [0.25, 0.3) is 5.82 Å². The molecule has 2 aromatic carbocycles. The summed E-state index contributed by atoms with van der Waals surface area (Å²) in [7, 11) is 3.34. The van der Waals surface area contributed by atoms with E-state index in [2.05, 4.69) is 36.2 Å². The van der Waals surface area contributed by atoms with Crippen LogP contribution in [0.15, 0.2) is 54.6 Å². The molecule has 0 atom stereocenters. The third-order valence-electron chi connectivity index (χ3n) is 6.68. The molecule has 41 heavy (non-hydrogen) atoms. The number of hydrogen-bond acceptors (Lipinski definition) is 9. The Hall–Kier alpha value is -4.97. The van der Waals surface area contributed by atoms with Gasteiger partial charge in [-0.25, -0.2) is 0 Å². The second kappa shape index (κ2) is 12.0. The molecule has 12 heteroatoms. The van der Waals surface area contributed by atoms with Gasteiger partial charge in [0.25, 0.3) is 11.8 Å². The Kier molecular flexibility index (Phi) is 8.11. The van der Waals surface area contributed by atoms with Crippen LogP contribution in [0.4, 0.5) is 29.0 Å². The van der Waals surface area contributed by atoms with Crippen molar-refractivity contribution >= 4 is 40.8 Å². The van der Waals surface area contributed by atoms with E-state index in [4.69, 9.17) is 9.72 Å². The fourth-order valence-corrected chi connectivity index (χ4v) is 4.41. The van der Waals surface area contributed by atoms with Crippen LogP contribution in [0.3, 0.4) is 0 Å². The third-order valence-corrected chi connectivity index (χ3v) is 6.68. The summed E-state index contributed by atoms with van der Waals surface area (Å²) >= 11 is 0. The smallest absolute Gasteiger partial charge is 0.271 e. The van der Waals surface area contributed by atoms with Crippen molar-refractivity contribution in [2.75, 3.05) is 61.2 Å². The molecule has 5 rings (SSSR count). The molecule has 4 N–H and O–H groups in total. The summed E-state index contributed by atoms with van der Waals surface area (Å²) in [6.45, 7) is 6.42. The van der Waals surface area contributed by atoms with Crippen molar-refractivity contribution in [2.45, 2.75) is 13.8 Å². The predicted molar refractivity (Wildman–Crippen MR) is 159 cm³/mol. The van der Waals surface area contributed by atoms with Crippen LogP contribution in [0, 0.1) is 13.8 Å². The average Bonchev–Trinajstić information content (AvgIpc) is 3.42. The van der Waals surface area contributed by atoms with Gasteiger partial charge >= 0.3 is 0 Å². The first kappa shape index (κ1) is 27.6. The number of carbonyl (C=O) groups is 2. The molecule has 0 unspecified atom stereocenters. The van der Waals surface area contributed by atoms with Gasteiger partial charge in [-0.05, 0) is 43.7 Å². The Balaban J connectivity index is 1.50. The maximum Gasteiger partial charge on any atom is 0.271 e. The minimum Gasteiger partial charge on any atom is -0.378 e. The van der Waals surface area contributed by atoms with E-state index in [9.17, 15) is 9.59 Å². The van der Waals surface area contributed by atoms with Crippen LogP contribution in [0.2, 0.25) is 0 Å². The number of nitrogens with zero attached hydrogens (tertiary/aromatic N) is 5. The molecule has 12 nitrogen and oxygen atoms in total. The lowest BCUT2D eigenvalue weighted by atomic mass is 10.1. The Labute approximate surface area is 238 Å². The van der Waals surface area contributed by atoms with Crippen LogP contribution in [0.5, 0.6) is 0 Å². The van der Waals surface area contributed by atoms with Gasteiger partial charge in [-0.1, -0.05) is 23.8 Å². The lowest BCUT2D eigenvalue weighted by Gasteiger charge is -2.27. The molecule has 2 aromatic heterocycles. The Morgan fingerprint density at radius 1 is 0.927 bits per heavy atom. The van der Waals surface area contributed by atoms with Crippen molar-refractivity contribution in [1.82, 2.24) is 25.1 Å². The van der Waals surface area contributed by atoms with E-state index < -0.39 is 0 Å². The largest absolute Gasteiger partial charge is 0.378 e. The van der Waals surface area contributed by atoms with Gasteiger partial charge in [0.2, 0.25) is 5.95 Å². The summed E-state index contributed by atoms with van der Waals surface area (Å²) in [6.07, 6.45) is 0. The first-order valence-electron chi connectivity index (χ1n) is 13.3. The van der Waals surface area contributed by atoms with Crippen LogP contribution in [-0.4, -0.2) is 72.0 Å². The zero-order valence-corrected chi connectivity index (χ0v) is 23.5. The molecular weight excluding hydrogens is 522 g/mol. The van der Waals surface area contributed by atoms with Gasteiger partial charge in [0.15, 0.2) is 11.5 Å². The molecule has 0 aliphatic carbocycles. The van der Waals surface area contributed by atoms with E-state index >= 15 is 0 Å². The summed E-state index contributed by atoms with van der Waals surface area (Å²) < 4.78 is 7.06. The normalized spacial score (nSPS) is 13.0. The number of morpholine rings is 1. The van der Waals surface area contributed by atoms with Crippen LogP contribution < -0.4 is 26.2 Å². The van der Waals surface area contributed by atoms with Crippen molar-refractivity contribution in [1.29, 1.82) is 0 Å². The fourth-order valence-electron chi connectivity index (χ4n) is 4.41. The fraction of sp³-hybridized carbons (Fsp3) is 0.276. The Bertz CT molecular complexity index is 1580. The molecule has 2 amide bonds. The highest BCUT2D eigenvalue weighted by Gasteiger charge is 2.20. The Morgan fingerprint density at radius 2 is 1.73 bits per heavy atom. The van der Waals surface area contributed by atoms with Gasteiger partial charge in [-0.3, -0.25) is 9.59 Å². The van der Waals surface area contributed by atoms with E-state index in [1.807, 2.05) is 50.2 Å². The molecular formula is C29H33N9O3. The van der Waals surface area contributed by atoms with Crippen molar-refractivity contribution in [3.63, 3.8) is 0 Å². The van der Waals surface area contributed by atoms with E-state index in [0.29, 0.717) is 61.0 Å². The molecule has 0 bridgehead atoms. The number of amides is 2. The molecule has 212 valence electrons. The topological polar surface area (TPSA) is 138 Å². The van der Waals surface area contributed by atoms with Crippen molar-refractivity contribution in [2.24, 2.45) is 0 Å². The minimum atomic E-state index is -0.334. The second-order valence-corrected chi connectivity index (χ2v) is 9.64. The predicted octanol–water partition coefficient (Wildman–Crippen LogP) is 3.51. The van der Waals surface area contributed by atoms with Crippen molar-refractivity contribution in [3.8, 4) is 5.82 Å². The summed E-state index contributed by atoms with van der Waals surface area (Å²) in [5, 5.41) is 16.6. The van der Waals surface area contributed by atoms with Crippen molar-refractivity contribution in [3.05, 3.63) is 77.0 Å². The lowest BCUT2D eigenvalue weighted by Crippen LogP contribution is -2.37. The quantitative estimate of drug-likeness (QED) is 0.257. The number of nitrogens with one attached hydrogen (secondary N) is 4. The zero-order chi connectivity index (χ0) is 28.9. The average molecular weight is 556 g/mol. The van der Waals surface area contributed by atoms with Gasteiger partial charge in [0.1, 0.15) is 11.6 Å². The number of ether oxygens (including phenoxy) is 1. The number of carbonyl (C=O) groups excluding carboxylic acids is 2. The van der Waals surface area contributed by atoms with E-state index in [1.165, 1.54) is 0 Å². The first-order chi connectivity index (χ1) is 19.8. The third kappa shape index (κ3) is 6.28. The second-order valence-electron chi connectivity index (χ2n) is 9.64. The van der Waals surface area contributed by atoms with Gasteiger partial charge in [0, 0.05) is 56.3 Å². The van der Waals surface area contributed by atoms with Crippen molar-refractivity contribution < 1.29 is 14.3 Å². The molecule has 0 radical (unpaired) electrons. The summed E-state index contributed by atoms with van der Waals surface area (Å²) in [5.74, 6) is 1.60. The van der Waals surface area contributed by atoms with Gasteiger partial charge in [0.05, 0.1) is 13.2 Å². The highest BCUT2D eigenvalue weighted by Crippen LogP contribution is 2.28. The maximum atomic E-state index is 12.9. The maximum absolute atomic E-state index is 12.9. The van der Waals surface area contributed by atoms with Gasteiger partial charge in [-0.2, -0.15) is 19.7 Å². The molecule has 1 aliphatic heterocycles. The van der Waals surface area contributed by atoms with Gasteiger partial charge < -0.3 is 30.9 Å². The number of rotatable bonds is 8. The molecule has 1 aliphatic rings. The monoisotopic (exact) mass is 555 g/mol. The number of hydrogen-bond donors (Lipinski definition) is 4. The van der Waals surface area contributed by atoms with E-state index in [1.54, 1.807) is 37.0 Å². The van der Waals surface area contributed by atoms with E-state index in [0.717, 1.165) is 16.8 Å². The molecule has 1 fully saturated rings. The lowest BCUT2D eigenvalue weighted by molar-refractivity contribution is 0.0956. The van der Waals surface area contributed by atoms with E-state index in [-0.39, 0.29) is 17.5 Å². The first-order valence-corrected chi connectivity index (χ1v) is 13.3. The zero-order valence-electron chi connectivity index (χ0n) is 23.5. The number of benzene rings is 2. The van der Waals surface area contributed by atoms with Crippen LogP contribution in [0.1, 0.15) is 32.0 Å². The highest BCUT2D eigenvalue weighted by molar-refractivity contribution is 6.04. The molecule has 4 aromatic rings. The molecule has 0 saturated carbocycles. The summed E-state index contributed by atoms with van der Waals surface area (Å²) in [6, 6.07) is 16.4. The highest BCUT2D eigenvalue weighted by atomic mass is 16.5.